The molecule has 1 saturated carbocycles. The summed E-state index contributed by atoms with van der Waals surface area (Å²) in [5.74, 6) is 0.570. The Kier molecular flexibility index (Phi) is 5.05. The molecular formula is C23H27FN4O2. The van der Waals surface area contributed by atoms with Crippen LogP contribution < -0.4 is 0 Å². The third kappa shape index (κ3) is 3.50. The van der Waals surface area contributed by atoms with E-state index in [4.69, 9.17) is 0 Å². The van der Waals surface area contributed by atoms with Crippen LogP contribution in [0.5, 0.6) is 0 Å². The zero-order chi connectivity index (χ0) is 20.7. The van der Waals surface area contributed by atoms with E-state index in [2.05, 4.69) is 5.10 Å². The number of hydrogen-bond acceptors (Lipinski definition) is 3. The van der Waals surface area contributed by atoms with Crippen molar-refractivity contribution < 1.29 is 14.0 Å². The Morgan fingerprint density at radius 1 is 1.13 bits per heavy atom. The number of fused-ring (bicyclic) bond motifs is 1. The number of halogens is 1. The summed E-state index contributed by atoms with van der Waals surface area (Å²) in [6.45, 7) is 2.52. The van der Waals surface area contributed by atoms with Crippen molar-refractivity contribution in [3.63, 3.8) is 0 Å². The molecular weight excluding hydrogens is 383 g/mol. The molecule has 30 heavy (non-hydrogen) atoms. The van der Waals surface area contributed by atoms with Crippen molar-refractivity contribution in [1.82, 2.24) is 19.6 Å². The van der Waals surface area contributed by atoms with Gasteiger partial charge in [-0.3, -0.25) is 14.3 Å². The number of amides is 2. The lowest BCUT2D eigenvalue weighted by Gasteiger charge is -2.35. The van der Waals surface area contributed by atoms with Crippen LogP contribution >= 0.6 is 0 Å². The zero-order valence-electron chi connectivity index (χ0n) is 17.0. The fraction of sp³-hybridized carbons (Fsp3) is 0.522. The summed E-state index contributed by atoms with van der Waals surface area (Å²) in [6.07, 6.45) is 7.01. The molecule has 3 aliphatic rings. The summed E-state index contributed by atoms with van der Waals surface area (Å²) < 4.78 is 15.8. The van der Waals surface area contributed by atoms with Crippen LogP contribution in [0.2, 0.25) is 0 Å². The number of nitrogens with zero attached hydrogens (tertiary/aromatic N) is 4. The lowest BCUT2D eigenvalue weighted by molar-refractivity contribution is -0.140. The molecule has 0 bridgehead atoms. The topological polar surface area (TPSA) is 58.4 Å². The molecule has 1 aliphatic carbocycles. The van der Waals surface area contributed by atoms with Crippen LogP contribution in [-0.2, 0) is 16.1 Å². The van der Waals surface area contributed by atoms with Gasteiger partial charge in [0.25, 0.3) is 0 Å². The first kappa shape index (κ1) is 19.3. The predicted molar refractivity (Wildman–Crippen MR) is 109 cm³/mol. The highest BCUT2D eigenvalue weighted by Crippen LogP contribution is 2.47. The van der Waals surface area contributed by atoms with Crippen LogP contribution in [0, 0.1) is 23.6 Å². The highest BCUT2D eigenvalue weighted by Gasteiger charge is 2.51. The summed E-state index contributed by atoms with van der Waals surface area (Å²) in [4.78, 5) is 29.8. The monoisotopic (exact) mass is 410 g/mol. The second-order valence-corrected chi connectivity index (χ2v) is 8.86. The van der Waals surface area contributed by atoms with E-state index in [1.165, 1.54) is 6.07 Å². The summed E-state index contributed by atoms with van der Waals surface area (Å²) >= 11 is 0. The highest BCUT2D eigenvalue weighted by atomic mass is 19.1. The van der Waals surface area contributed by atoms with Crippen LogP contribution in [0.4, 0.5) is 4.39 Å². The lowest BCUT2D eigenvalue weighted by Crippen LogP contribution is -2.41. The second-order valence-electron chi connectivity index (χ2n) is 8.86. The molecule has 1 aromatic carbocycles. The molecule has 2 saturated heterocycles. The van der Waals surface area contributed by atoms with Gasteiger partial charge in [-0.05, 0) is 36.6 Å². The molecule has 6 nitrogen and oxygen atoms in total. The van der Waals surface area contributed by atoms with E-state index in [0.29, 0.717) is 32.6 Å². The van der Waals surface area contributed by atoms with Crippen molar-refractivity contribution in [2.75, 3.05) is 19.6 Å². The number of carbonyl (C=O) groups excluding carboxylic acids is 2. The van der Waals surface area contributed by atoms with Crippen molar-refractivity contribution in [1.29, 1.82) is 0 Å². The smallest absolute Gasteiger partial charge is 0.226 e. The Morgan fingerprint density at radius 3 is 2.70 bits per heavy atom. The van der Waals surface area contributed by atoms with Gasteiger partial charge in [0.1, 0.15) is 5.82 Å². The number of carbonyl (C=O) groups is 2. The minimum absolute atomic E-state index is 0.117. The Hall–Kier alpha value is -2.70. The molecule has 2 aliphatic heterocycles. The standard InChI is InChI=1S/C23H27FN4O2/c24-19-7-2-6-17(12-19)22-20-15-26(21(29)8-11-27-10-3-9-25-27)13-18(20)14-28(22)23(30)16-4-1-5-16/h2-3,6-7,9-10,12,16,18,20,22H,1,4-5,8,11,13-15H2/t18-,20-,22-/m0/s1. The minimum atomic E-state index is -0.280. The largest absolute Gasteiger partial charge is 0.342 e. The summed E-state index contributed by atoms with van der Waals surface area (Å²) in [6, 6.07) is 8.32. The van der Waals surface area contributed by atoms with Crippen molar-refractivity contribution in [2.45, 2.75) is 38.3 Å². The number of aryl methyl sites for hydroxylation is 1. The highest BCUT2D eigenvalue weighted by molar-refractivity contribution is 5.81. The lowest BCUT2D eigenvalue weighted by atomic mass is 9.83. The molecule has 0 N–H and O–H groups in total. The molecule has 2 amide bonds. The van der Waals surface area contributed by atoms with E-state index in [1.54, 1.807) is 23.0 Å². The van der Waals surface area contributed by atoms with Gasteiger partial charge in [-0.2, -0.15) is 5.10 Å². The first-order chi connectivity index (χ1) is 14.6. The SMILES string of the molecule is O=C(CCn1cccn1)N1C[C@H]2CN(C(=O)C3CCC3)[C@@H](c3cccc(F)c3)[C@H]2C1. The molecule has 5 rings (SSSR count). The van der Waals surface area contributed by atoms with Crippen LogP contribution in [0.1, 0.15) is 37.3 Å². The predicted octanol–water partition coefficient (Wildman–Crippen LogP) is 2.87. The van der Waals surface area contributed by atoms with Gasteiger partial charge in [0, 0.05) is 62.7 Å². The Bertz CT molecular complexity index is 927. The first-order valence-electron chi connectivity index (χ1n) is 10.9. The van der Waals surface area contributed by atoms with Gasteiger partial charge in [0.2, 0.25) is 11.8 Å². The average Bonchev–Trinajstić information content (AvgIpc) is 3.40. The van der Waals surface area contributed by atoms with Crippen molar-refractivity contribution in [3.8, 4) is 0 Å². The number of benzene rings is 1. The van der Waals surface area contributed by atoms with Gasteiger partial charge in [0.15, 0.2) is 0 Å². The van der Waals surface area contributed by atoms with Crippen molar-refractivity contribution in [3.05, 3.63) is 54.1 Å². The Morgan fingerprint density at radius 2 is 2.00 bits per heavy atom. The minimum Gasteiger partial charge on any atom is -0.342 e. The van der Waals surface area contributed by atoms with E-state index >= 15 is 0 Å². The fourth-order valence-electron chi connectivity index (χ4n) is 5.28. The van der Waals surface area contributed by atoms with Gasteiger partial charge in [-0.1, -0.05) is 18.6 Å². The third-order valence-electron chi connectivity index (χ3n) is 7.06. The molecule has 0 spiro atoms. The zero-order valence-corrected chi connectivity index (χ0v) is 17.0. The number of hydrogen-bond donors (Lipinski definition) is 0. The fourth-order valence-corrected chi connectivity index (χ4v) is 5.28. The van der Waals surface area contributed by atoms with Gasteiger partial charge in [-0.15, -0.1) is 0 Å². The second kappa shape index (κ2) is 7.85. The van der Waals surface area contributed by atoms with Crippen molar-refractivity contribution in [2.24, 2.45) is 17.8 Å². The van der Waals surface area contributed by atoms with Gasteiger partial charge in [0.05, 0.1) is 6.04 Å². The van der Waals surface area contributed by atoms with Crippen LogP contribution in [0.3, 0.4) is 0 Å². The number of likely N-dealkylation sites (tertiary alicyclic amines) is 2. The summed E-state index contributed by atoms with van der Waals surface area (Å²) in [5, 5.41) is 4.16. The van der Waals surface area contributed by atoms with Gasteiger partial charge < -0.3 is 9.80 Å². The quantitative estimate of drug-likeness (QED) is 0.762. The van der Waals surface area contributed by atoms with Gasteiger partial charge in [-0.25, -0.2) is 4.39 Å². The van der Waals surface area contributed by atoms with E-state index in [1.807, 2.05) is 28.1 Å². The molecule has 3 heterocycles. The maximum Gasteiger partial charge on any atom is 0.226 e. The molecule has 3 atom stereocenters. The third-order valence-corrected chi connectivity index (χ3v) is 7.06. The molecule has 158 valence electrons. The Labute approximate surface area is 175 Å². The maximum absolute atomic E-state index is 14.0. The van der Waals surface area contributed by atoms with E-state index in [9.17, 15) is 14.0 Å². The Balaban J connectivity index is 1.32. The molecule has 2 aromatic rings. The number of aromatic nitrogens is 2. The molecule has 1 aromatic heterocycles. The van der Waals surface area contributed by atoms with Gasteiger partial charge >= 0.3 is 0 Å². The normalized spacial score (nSPS) is 26.0. The van der Waals surface area contributed by atoms with Crippen LogP contribution in [0.25, 0.3) is 0 Å². The average molecular weight is 410 g/mol. The summed E-state index contributed by atoms with van der Waals surface area (Å²) in [7, 11) is 0. The van der Waals surface area contributed by atoms with Crippen molar-refractivity contribution >= 4 is 11.8 Å². The van der Waals surface area contributed by atoms with E-state index in [-0.39, 0.29) is 41.4 Å². The van der Waals surface area contributed by atoms with E-state index < -0.39 is 0 Å². The first-order valence-corrected chi connectivity index (χ1v) is 10.9. The maximum atomic E-state index is 14.0. The molecule has 7 heteroatoms. The van der Waals surface area contributed by atoms with Crippen LogP contribution in [0.15, 0.2) is 42.7 Å². The van der Waals surface area contributed by atoms with Crippen LogP contribution in [-0.4, -0.2) is 51.0 Å². The molecule has 0 radical (unpaired) electrons. The number of rotatable bonds is 5. The molecule has 3 fully saturated rings. The molecule has 0 unspecified atom stereocenters. The van der Waals surface area contributed by atoms with E-state index in [0.717, 1.165) is 24.8 Å². The summed E-state index contributed by atoms with van der Waals surface area (Å²) in [5.41, 5.74) is 0.848.